The lowest BCUT2D eigenvalue weighted by molar-refractivity contribution is -0.116. The van der Waals surface area contributed by atoms with Crippen LogP contribution in [0.25, 0.3) is 11.4 Å². The van der Waals surface area contributed by atoms with E-state index < -0.39 is 0 Å². The van der Waals surface area contributed by atoms with Crippen molar-refractivity contribution < 1.29 is 9.59 Å². The Morgan fingerprint density at radius 3 is 2.04 bits per heavy atom. The van der Waals surface area contributed by atoms with Gasteiger partial charge in [0.15, 0.2) is 6.29 Å². The van der Waals surface area contributed by atoms with E-state index in [1.54, 1.807) is 12.1 Å². The van der Waals surface area contributed by atoms with E-state index in [2.05, 4.69) is 37.2 Å². The number of nitrogens with two attached hydrogens (primary N) is 1. The van der Waals surface area contributed by atoms with Gasteiger partial charge >= 0.3 is 0 Å². The fraction of sp³-hybridized carbons (Fsp3) is 0. The summed E-state index contributed by atoms with van der Waals surface area (Å²) in [5.41, 5.74) is 8.81. The van der Waals surface area contributed by atoms with Crippen molar-refractivity contribution in [2.45, 2.75) is 0 Å². The third-order valence-electron chi connectivity index (χ3n) is 3.68. The van der Waals surface area contributed by atoms with Crippen molar-refractivity contribution in [1.29, 1.82) is 0 Å². The molecule has 0 spiro atoms. The van der Waals surface area contributed by atoms with Crippen molar-refractivity contribution in [2.75, 3.05) is 0 Å². The van der Waals surface area contributed by atoms with Crippen LogP contribution in [0.2, 0.25) is 0 Å². The molecule has 0 bridgehead atoms. The van der Waals surface area contributed by atoms with Gasteiger partial charge in [-0.25, -0.2) is 0 Å². The van der Waals surface area contributed by atoms with Crippen LogP contribution in [0.1, 0.15) is 11.1 Å². The number of carbonyl (C=O) groups is 2. The zero-order valence-electron chi connectivity index (χ0n) is 12.3. The van der Waals surface area contributed by atoms with E-state index >= 15 is 0 Å². The molecule has 120 valence electrons. The molecule has 6 heteroatoms. The fourth-order valence-corrected chi connectivity index (χ4v) is 3.02. The van der Waals surface area contributed by atoms with Gasteiger partial charge in [0.05, 0.1) is 22.5 Å². The molecule has 0 aromatic heterocycles. The number of aldehydes is 1. The summed E-state index contributed by atoms with van der Waals surface area (Å²) in [6, 6.07) is 14.6. The first-order chi connectivity index (χ1) is 11.5. The number of rotatable bonds is 3. The Hall–Kier alpha value is -2.18. The van der Waals surface area contributed by atoms with E-state index in [1.807, 2.05) is 36.4 Å². The minimum absolute atomic E-state index is 0.199. The molecule has 0 aliphatic carbocycles. The number of hydrogen-bond acceptors (Lipinski definition) is 3. The highest BCUT2D eigenvalue weighted by Gasteiger charge is 2.30. The Labute approximate surface area is 155 Å². The van der Waals surface area contributed by atoms with E-state index in [-0.39, 0.29) is 22.8 Å². The van der Waals surface area contributed by atoms with Crippen molar-refractivity contribution in [2.24, 2.45) is 5.73 Å². The number of halogens is 2. The second-order valence-electron chi connectivity index (χ2n) is 5.16. The van der Waals surface area contributed by atoms with E-state index in [0.717, 1.165) is 14.5 Å². The van der Waals surface area contributed by atoms with E-state index in [9.17, 15) is 9.59 Å². The van der Waals surface area contributed by atoms with Crippen LogP contribution in [-0.4, -0.2) is 12.2 Å². The Bertz CT molecular complexity index is 882. The van der Waals surface area contributed by atoms with E-state index in [1.165, 1.54) is 0 Å². The van der Waals surface area contributed by atoms with Crippen LogP contribution < -0.4 is 11.1 Å². The molecule has 1 heterocycles. The van der Waals surface area contributed by atoms with Gasteiger partial charge in [-0.05, 0) is 35.4 Å². The van der Waals surface area contributed by atoms with E-state index in [0.29, 0.717) is 17.5 Å². The van der Waals surface area contributed by atoms with Gasteiger partial charge < -0.3 is 11.1 Å². The molecule has 1 amide bonds. The minimum atomic E-state index is -0.379. The van der Waals surface area contributed by atoms with Crippen LogP contribution >= 0.6 is 31.9 Å². The van der Waals surface area contributed by atoms with Crippen LogP contribution in [0.4, 0.5) is 0 Å². The molecule has 0 atom stereocenters. The Morgan fingerprint density at radius 1 is 0.958 bits per heavy atom. The lowest BCUT2D eigenvalue weighted by Gasteiger charge is -2.06. The van der Waals surface area contributed by atoms with Gasteiger partial charge in [-0.2, -0.15) is 0 Å². The smallest absolute Gasteiger partial charge is 0.258 e. The van der Waals surface area contributed by atoms with Gasteiger partial charge in [-0.1, -0.05) is 56.1 Å². The summed E-state index contributed by atoms with van der Waals surface area (Å²) in [5.74, 6) is -0.379. The monoisotopic (exact) mass is 446 g/mol. The second-order valence-corrected chi connectivity index (χ2v) is 6.99. The molecule has 4 nitrogen and oxygen atoms in total. The molecule has 3 N–H and O–H groups in total. The summed E-state index contributed by atoms with van der Waals surface area (Å²) >= 11 is 6.72. The topological polar surface area (TPSA) is 72.2 Å². The zero-order chi connectivity index (χ0) is 17.3. The predicted molar refractivity (Wildman–Crippen MR) is 101 cm³/mol. The summed E-state index contributed by atoms with van der Waals surface area (Å²) < 4.78 is 1.82. The third kappa shape index (κ3) is 3.07. The van der Waals surface area contributed by atoms with Gasteiger partial charge in [0.25, 0.3) is 5.91 Å². The Balaban J connectivity index is 2.15. The van der Waals surface area contributed by atoms with Crippen LogP contribution in [0, 0.1) is 0 Å². The molecule has 24 heavy (non-hydrogen) atoms. The second kappa shape index (κ2) is 6.75. The molecule has 0 saturated carbocycles. The molecule has 1 aliphatic rings. The van der Waals surface area contributed by atoms with Crippen LogP contribution in [0.15, 0.2) is 68.6 Å². The number of nitrogens with one attached hydrogen (secondary N) is 1. The summed E-state index contributed by atoms with van der Waals surface area (Å²) in [6.07, 6.45) is 0.663. The van der Waals surface area contributed by atoms with Crippen molar-refractivity contribution in [3.05, 3.63) is 79.7 Å². The molecular formula is C18H12Br2N2O2. The summed E-state index contributed by atoms with van der Waals surface area (Å²) in [7, 11) is 0. The van der Waals surface area contributed by atoms with Gasteiger partial charge in [0.2, 0.25) is 0 Å². The highest BCUT2D eigenvalue weighted by atomic mass is 79.9. The molecule has 2 aromatic carbocycles. The van der Waals surface area contributed by atoms with Crippen LogP contribution in [-0.2, 0) is 9.59 Å². The van der Waals surface area contributed by atoms with Crippen molar-refractivity contribution in [3.8, 4) is 0 Å². The van der Waals surface area contributed by atoms with Crippen LogP contribution in [0.5, 0.6) is 0 Å². The normalized spacial score (nSPS) is 16.2. The molecule has 3 rings (SSSR count). The molecule has 1 aliphatic heterocycles. The third-order valence-corrected chi connectivity index (χ3v) is 4.74. The number of amides is 1. The zero-order valence-corrected chi connectivity index (χ0v) is 15.5. The lowest BCUT2D eigenvalue weighted by Crippen LogP contribution is -2.18. The number of hydrogen-bond donors (Lipinski definition) is 2. The number of benzene rings is 2. The van der Waals surface area contributed by atoms with Gasteiger partial charge in [0.1, 0.15) is 0 Å². The molecule has 2 aromatic rings. The predicted octanol–water partition coefficient (Wildman–Crippen LogP) is 3.62. The lowest BCUT2D eigenvalue weighted by atomic mass is 9.99. The molecular weight excluding hydrogens is 436 g/mol. The number of carbonyl (C=O) groups excluding carboxylic acids is 2. The van der Waals surface area contributed by atoms with E-state index in [4.69, 9.17) is 5.73 Å². The average Bonchev–Trinajstić information content (AvgIpc) is 2.92. The molecule has 0 radical (unpaired) electrons. The summed E-state index contributed by atoms with van der Waals surface area (Å²) in [5, 5.41) is 2.75. The van der Waals surface area contributed by atoms with Crippen molar-refractivity contribution in [3.63, 3.8) is 0 Å². The average molecular weight is 448 g/mol. The maximum absolute atomic E-state index is 12.4. The minimum Gasteiger partial charge on any atom is -0.398 e. The maximum Gasteiger partial charge on any atom is 0.258 e. The summed E-state index contributed by atoms with van der Waals surface area (Å²) in [6.45, 7) is 0. The molecule has 0 saturated heterocycles. The first kappa shape index (κ1) is 16.7. The first-order valence-electron chi connectivity index (χ1n) is 7.04. The Morgan fingerprint density at radius 2 is 1.50 bits per heavy atom. The Kier molecular flexibility index (Phi) is 4.69. The largest absolute Gasteiger partial charge is 0.398 e. The quantitative estimate of drug-likeness (QED) is 0.557. The van der Waals surface area contributed by atoms with Gasteiger partial charge in [-0.15, -0.1) is 0 Å². The van der Waals surface area contributed by atoms with Crippen molar-refractivity contribution in [1.82, 2.24) is 5.32 Å². The SMILES string of the molecule is N/C(=C1/C(=O)NC(c2ccc(Br)cc2)=C1C=O)c1ccc(Br)cc1. The molecule has 0 fully saturated rings. The van der Waals surface area contributed by atoms with Crippen LogP contribution in [0.3, 0.4) is 0 Å². The highest BCUT2D eigenvalue weighted by Crippen LogP contribution is 2.31. The van der Waals surface area contributed by atoms with Crippen molar-refractivity contribution >= 4 is 55.4 Å². The first-order valence-corrected chi connectivity index (χ1v) is 8.62. The standard InChI is InChI=1S/C18H12Br2N2O2/c19-12-5-1-10(2-6-12)16(21)15-14(9-23)17(22-18(15)24)11-3-7-13(20)8-4-11/h1-9H,21H2,(H,22,24)/b16-15+. The summed E-state index contributed by atoms with van der Waals surface area (Å²) in [4.78, 5) is 24.1. The highest BCUT2D eigenvalue weighted by molar-refractivity contribution is 9.10. The van der Waals surface area contributed by atoms with Gasteiger partial charge in [-0.3, -0.25) is 9.59 Å². The fourth-order valence-electron chi connectivity index (χ4n) is 2.49. The maximum atomic E-state index is 12.4. The van der Waals surface area contributed by atoms with Gasteiger partial charge in [0, 0.05) is 8.95 Å². The molecule has 0 unspecified atom stereocenters.